The summed E-state index contributed by atoms with van der Waals surface area (Å²) in [5, 5.41) is 2.58. The fourth-order valence-corrected chi connectivity index (χ4v) is 7.04. The van der Waals surface area contributed by atoms with E-state index >= 15 is 0 Å². The van der Waals surface area contributed by atoms with Gasteiger partial charge in [0.2, 0.25) is 15.9 Å². The molecule has 0 bridgehead atoms. The molecule has 156 valence electrons. The lowest BCUT2D eigenvalue weighted by atomic mass is 10.3. The van der Waals surface area contributed by atoms with Crippen LogP contribution in [0.5, 0.6) is 11.5 Å². The van der Waals surface area contributed by atoms with Crippen molar-refractivity contribution >= 4 is 40.1 Å². The zero-order chi connectivity index (χ0) is 21.6. The van der Waals surface area contributed by atoms with Gasteiger partial charge in [-0.15, -0.1) is 4.49 Å². The van der Waals surface area contributed by atoms with E-state index < -0.39 is 16.7 Å². The number of carbonyl (C=O) groups is 1. The Morgan fingerprint density at radius 3 is 1.73 bits per heavy atom. The monoisotopic (exact) mass is 462 g/mol. The van der Waals surface area contributed by atoms with E-state index in [-0.39, 0.29) is 10.8 Å². The molecule has 7 nitrogen and oxygen atoms in total. The maximum Gasteiger partial charge on any atom is 0.379 e. The Hall–Kier alpha value is -2.71. The maximum atomic E-state index is 13.0. The van der Waals surface area contributed by atoms with Crippen LogP contribution in [0, 0.1) is 0 Å². The van der Waals surface area contributed by atoms with Crippen LogP contribution in [0.1, 0.15) is 6.92 Å². The summed E-state index contributed by atoms with van der Waals surface area (Å²) in [7, 11) is -4.07. The number of amides is 1. The summed E-state index contributed by atoms with van der Waals surface area (Å²) < 4.78 is 39.9. The van der Waals surface area contributed by atoms with Gasteiger partial charge in [-0.1, -0.05) is 36.4 Å². The lowest BCUT2D eigenvalue weighted by molar-refractivity contribution is -0.114. The molecule has 0 aromatic heterocycles. The molecule has 3 aromatic rings. The summed E-state index contributed by atoms with van der Waals surface area (Å²) in [4.78, 5) is 11.1. The number of nitrogens with one attached hydrogen (secondary N) is 2. The normalized spacial score (nSPS) is 11.5. The zero-order valence-corrected chi connectivity index (χ0v) is 18.4. The van der Waals surface area contributed by atoms with E-state index in [9.17, 15) is 13.2 Å². The molecule has 0 saturated heterocycles. The third-order valence-electron chi connectivity index (χ3n) is 3.65. The fraction of sp³-hybridized carbons (Fsp3) is 0.0500. The van der Waals surface area contributed by atoms with Crippen molar-refractivity contribution < 1.29 is 22.3 Å². The summed E-state index contributed by atoms with van der Waals surface area (Å²) in [6, 6.07) is 22.9. The predicted molar refractivity (Wildman–Crippen MR) is 119 cm³/mol. The van der Waals surface area contributed by atoms with Crippen LogP contribution in [0.15, 0.2) is 89.8 Å². The Bertz CT molecular complexity index is 1110. The molecule has 0 saturated carbocycles. The third-order valence-corrected chi connectivity index (χ3v) is 8.42. The van der Waals surface area contributed by atoms with Gasteiger partial charge in [0.1, 0.15) is 11.5 Å². The number of anilines is 1. The number of hydrogen-bond donors (Lipinski definition) is 2. The number of sulfonamides is 1. The Labute approximate surface area is 180 Å². The van der Waals surface area contributed by atoms with E-state index in [2.05, 4.69) is 9.81 Å². The van der Waals surface area contributed by atoms with Crippen LogP contribution in [0.25, 0.3) is 0 Å². The number of para-hydroxylation sites is 2. The second-order valence-electron chi connectivity index (χ2n) is 6.11. The minimum absolute atomic E-state index is 0.0425. The number of benzene rings is 3. The van der Waals surface area contributed by atoms with Crippen LogP contribution in [0.3, 0.4) is 0 Å². The largest absolute Gasteiger partial charge is 0.424 e. The first-order chi connectivity index (χ1) is 14.3. The van der Waals surface area contributed by atoms with Crippen LogP contribution in [-0.4, -0.2) is 14.3 Å². The van der Waals surface area contributed by atoms with E-state index in [0.717, 1.165) is 0 Å². The highest BCUT2D eigenvalue weighted by atomic mass is 32.5. The van der Waals surface area contributed by atoms with Gasteiger partial charge in [0.25, 0.3) is 0 Å². The lowest BCUT2D eigenvalue weighted by Gasteiger charge is -2.24. The molecule has 0 aliphatic carbocycles. The molecule has 0 atom stereocenters. The molecular weight excluding hydrogens is 443 g/mol. The SMILES string of the molecule is CC(=O)Nc1ccc(S(=O)(=O)NP(=S)(Oc2ccccc2)Oc2ccccc2)cc1. The van der Waals surface area contributed by atoms with E-state index in [1.54, 1.807) is 60.7 Å². The molecule has 3 rings (SSSR count). The molecule has 10 heteroatoms. The van der Waals surface area contributed by atoms with Crippen LogP contribution < -0.4 is 18.9 Å². The van der Waals surface area contributed by atoms with Gasteiger partial charge in [-0.05, 0) is 48.5 Å². The molecule has 30 heavy (non-hydrogen) atoms. The van der Waals surface area contributed by atoms with Gasteiger partial charge in [-0.2, -0.15) is 0 Å². The first-order valence-corrected chi connectivity index (χ1v) is 12.9. The van der Waals surface area contributed by atoms with Crippen molar-refractivity contribution in [3.8, 4) is 11.5 Å². The highest BCUT2D eigenvalue weighted by Gasteiger charge is 2.31. The zero-order valence-electron chi connectivity index (χ0n) is 15.9. The Kier molecular flexibility index (Phi) is 6.89. The van der Waals surface area contributed by atoms with E-state index in [0.29, 0.717) is 17.2 Å². The Balaban J connectivity index is 1.89. The highest BCUT2D eigenvalue weighted by molar-refractivity contribution is 8.14. The first-order valence-electron chi connectivity index (χ1n) is 8.77. The van der Waals surface area contributed by atoms with E-state index in [1.807, 2.05) is 0 Å². The quantitative estimate of drug-likeness (QED) is 0.485. The summed E-state index contributed by atoms with van der Waals surface area (Å²) in [5.74, 6) is 0.493. The summed E-state index contributed by atoms with van der Waals surface area (Å²) in [5.41, 5.74) is 0.474. The second kappa shape index (κ2) is 9.40. The molecule has 1 amide bonds. The molecule has 0 heterocycles. The minimum Gasteiger partial charge on any atom is -0.424 e. The first kappa shape index (κ1) is 22.0. The summed E-state index contributed by atoms with van der Waals surface area (Å²) >= 11 is 5.52. The molecule has 0 fully saturated rings. The van der Waals surface area contributed by atoms with Crippen molar-refractivity contribution in [1.29, 1.82) is 0 Å². The van der Waals surface area contributed by atoms with Gasteiger partial charge < -0.3 is 14.4 Å². The van der Waals surface area contributed by atoms with Gasteiger partial charge in [0.05, 0.1) is 4.90 Å². The molecule has 0 aliphatic rings. The molecule has 2 N–H and O–H groups in total. The van der Waals surface area contributed by atoms with Crippen molar-refractivity contribution in [1.82, 2.24) is 4.49 Å². The maximum absolute atomic E-state index is 13.0. The molecule has 0 unspecified atom stereocenters. The molecule has 3 aromatic carbocycles. The minimum atomic E-state index is -4.07. The Morgan fingerprint density at radius 1 is 0.833 bits per heavy atom. The standard InChI is InChI=1S/C20H19N2O5PS2/c1-16(23)21-17-12-14-20(15-13-17)30(24,25)22-28(29,26-18-8-4-2-5-9-18)27-19-10-6-3-7-11-19/h2-15H,1H3,(H,21,23)(H,22,29). The molecular formula is C20H19N2O5PS2. The van der Waals surface area contributed by atoms with E-state index in [1.165, 1.54) is 31.2 Å². The summed E-state index contributed by atoms with van der Waals surface area (Å²) in [6.45, 7) is -2.19. The highest BCUT2D eigenvalue weighted by Crippen LogP contribution is 2.46. The van der Waals surface area contributed by atoms with Gasteiger partial charge in [-0.3, -0.25) is 4.79 Å². The van der Waals surface area contributed by atoms with Gasteiger partial charge in [0, 0.05) is 24.4 Å². The van der Waals surface area contributed by atoms with Crippen LogP contribution >= 0.6 is 6.64 Å². The Morgan fingerprint density at radius 2 is 1.30 bits per heavy atom. The van der Waals surface area contributed by atoms with Crippen LogP contribution in [0.2, 0.25) is 0 Å². The lowest BCUT2D eigenvalue weighted by Crippen LogP contribution is -2.26. The van der Waals surface area contributed by atoms with Gasteiger partial charge in [-0.25, -0.2) is 8.42 Å². The fourth-order valence-electron chi connectivity index (χ4n) is 2.42. The summed E-state index contributed by atoms with van der Waals surface area (Å²) in [6.07, 6.45) is 0. The van der Waals surface area contributed by atoms with Crippen LogP contribution in [0.4, 0.5) is 5.69 Å². The van der Waals surface area contributed by atoms with Crippen molar-refractivity contribution in [2.45, 2.75) is 11.8 Å². The van der Waals surface area contributed by atoms with Gasteiger partial charge >= 0.3 is 6.64 Å². The average Bonchev–Trinajstić information content (AvgIpc) is 2.68. The predicted octanol–water partition coefficient (Wildman–Crippen LogP) is 4.31. The second-order valence-corrected chi connectivity index (χ2v) is 11.1. The smallest absolute Gasteiger partial charge is 0.379 e. The van der Waals surface area contributed by atoms with Crippen molar-refractivity contribution in [3.63, 3.8) is 0 Å². The van der Waals surface area contributed by atoms with Crippen molar-refractivity contribution in [2.24, 2.45) is 0 Å². The van der Waals surface area contributed by atoms with Crippen LogP contribution in [-0.2, 0) is 26.6 Å². The topological polar surface area (TPSA) is 93.7 Å². The number of hydrogen-bond acceptors (Lipinski definition) is 6. The number of rotatable bonds is 8. The van der Waals surface area contributed by atoms with E-state index in [4.69, 9.17) is 20.9 Å². The van der Waals surface area contributed by atoms with Gasteiger partial charge in [0.15, 0.2) is 0 Å². The molecule has 0 spiro atoms. The molecule has 0 aliphatic heterocycles. The molecule has 0 radical (unpaired) electrons. The average molecular weight is 462 g/mol. The third kappa shape index (κ3) is 6.14. The number of carbonyl (C=O) groups excluding carboxylic acids is 1. The van der Waals surface area contributed by atoms with Crippen molar-refractivity contribution in [2.75, 3.05) is 5.32 Å². The van der Waals surface area contributed by atoms with Crippen molar-refractivity contribution in [3.05, 3.63) is 84.9 Å².